The Hall–Kier alpha value is -1.99. The highest BCUT2D eigenvalue weighted by atomic mass is 32.2. The molecule has 0 radical (unpaired) electrons. The highest BCUT2D eigenvalue weighted by Gasteiger charge is 2.24. The molecule has 1 aromatic heterocycles. The van der Waals surface area contributed by atoms with Crippen molar-refractivity contribution >= 4 is 21.5 Å². The number of anilines is 2. The Kier molecular flexibility index (Phi) is 4.96. The fraction of sp³-hybridized carbons (Fsp3) is 0.412. The van der Waals surface area contributed by atoms with Gasteiger partial charge in [-0.3, -0.25) is 0 Å². The molecule has 0 spiro atoms. The summed E-state index contributed by atoms with van der Waals surface area (Å²) in [5, 5.41) is 3.17. The molecule has 1 aromatic carbocycles. The zero-order chi connectivity index (χ0) is 18.1. The van der Waals surface area contributed by atoms with Crippen molar-refractivity contribution in [3.8, 4) is 0 Å². The van der Waals surface area contributed by atoms with Crippen molar-refractivity contribution in [2.75, 3.05) is 5.32 Å². The zero-order valence-corrected chi connectivity index (χ0v) is 15.7. The molecule has 2 rings (SSSR count). The number of aromatic nitrogens is 2. The standard InChI is InChI=1S/C17H24N4O2S/c1-11-7-8-14(20-16-12(2)10-18-13(3)19-16)9-15(11)24(22,23)21-17(4,5)6/h7-10,21H,1-6H3,(H,18,19,20). The second-order valence-corrected chi connectivity index (χ2v) is 8.56. The number of nitrogens with one attached hydrogen (secondary N) is 2. The molecule has 0 amide bonds. The molecule has 6 nitrogen and oxygen atoms in total. The predicted octanol–water partition coefficient (Wildman–Crippen LogP) is 3.22. The average Bonchev–Trinajstić information content (AvgIpc) is 2.42. The number of hydrogen-bond acceptors (Lipinski definition) is 5. The summed E-state index contributed by atoms with van der Waals surface area (Å²) in [4.78, 5) is 8.75. The molecule has 0 unspecified atom stereocenters. The van der Waals surface area contributed by atoms with Gasteiger partial charge in [-0.15, -0.1) is 0 Å². The molecule has 1 heterocycles. The van der Waals surface area contributed by atoms with E-state index in [9.17, 15) is 8.42 Å². The largest absolute Gasteiger partial charge is 0.340 e. The van der Waals surface area contributed by atoms with Gasteiger partial charge < -0.3 is 5.32 Å². The Bertz CT molecular complexity index is 855. The van der Waals surface area contributed by atoms with Crippen LogP contribution in [-0.4, -0.2) is 23.9 Å². The summed E-state index contributed by atoms with van der Waals surface area (Å²) in [7, 11) is -3.60. The smallest absolute Gasteiger partial charge is 0.241 e. The molecule has 0 saturated heterocycles. The van der Waals surface area contributed by atoms with Crippen LogP contribution >= 0.6 is 0 Å². The first kappa shape index (κ1) is 18.4. The lowest BCUT2D eigenvalue weighted by molar-refractivity contribution is 0.491. The van der Waals surface area contributed by atoms with Gasteiger partial charge in [0.1, 0.15) is 11.6 Å². The maximum absolute atomic E-state index is 12.6. The van der Waals surface area contributed by atoms with Crippen molar-refractivity contribution < 1.29 is 8.42 Å². The van der Waals surface area contributed by atoms with Gasteiger partial charge in [-0.05, 0) is 59.2 Å². The van der Waals surface area contributed by atoms with E-state index in [1.165, 1.54) is 0 Å². The van der Waals surface area contributed by atoms with Gasteiger partial charge >= 0.3 is 0 Å². The first-order valence-corrected chi connectivity index (χ1v) is 9.18. The third-order valence-corrected chi connectivity index (χ3v) is 5.17. The molecular weight excluding hydrogens is 324 g/mol. The van der Waals surface area contributed by atoms with E-state index in [4.69, 9.17) is 0 Å². The van der Waals surface area contributed by atoms with E-state index in [0.29, 0.717) is 22.9 Å². The van der Waals surface area contributed by atoms with Gasteiger partial charge in [0.2, 0.25) is 10.0 Å². The van der Waals surface area contributed by atoms with Gasteiger partial charge in [-0.1, -0.05) is 6.07 Å². The normalized spacial score (nSPS) is 12.2. The highest BCUT2D eigenvalue weighted by Crippen LogP contribution is 2.24. The molecule has 2 N–H and O–H groups in total. The van der Waals surface area contributed by atoms with Crippen LogP contribution in [0, 0.1) is 20.8 Å². The molecule has 24 heavy (non-hydrogen) atoms. The molecule has 0 fully saturated rings. The van der Waals surface area contributed by atoms with Crippen LogP contribution < -0.4 is 10.0 Å². The number of nitrogens with zero attached hydrogens (tertiary/aromatic N) is 2. The minimum Gasteiger partial charge on any atom is -0.340 e. The van der Waals surface area contributed by atoms with Gasteiger partial charge in [0.05, 0.1) is 4.90 Å². The van der Waals surface area contributed by atoms with Gasteiger partial charge in [0.25, 0.3) is 0 Å². The zero-order valence-electron chi connectivity index (χ0n) is 14.9. The Labute approximate surface area is 143 Å². The Balaban J connectivity index is 2.40. The lowest BCUT2D eigenvalue weighted by atomic mass is 10.1. The number of hydrogen-bond donors (Lipinski definition) is 2. The highest BCUT2D eigenvalue weighted by molar-refractivity contribution is 7.89. The van der Waals surface area contributed by atoms with Crippen molar-refractivity contribution in [3.63, 3.8) is 0 Å². The van der Waals surface area contributed by atoms with E-state index in [0.717, 1.165) is 5.56 Å². The lowest BCUT2D eigenvalue weighted by Crippen LogP contribution is -2.40. The molecule has 0 aliphatic rings. The third-order valence-electron chi connectivity index (χ3n) is 3.27. The minimum absolute atomic E-state index is 0.255. The van der Waals surface area contributed by atoms with E-state index in [1.807, 2.05) is 40.7 Å². The first-order valence-electron chi connectivity index (χ1n) is 7.70. The Morgan fingerprint density at radius 1 is 1.04 bits per heavy atom. The van der Waals surface area contributed by atoms with E-state index >= 15 is 0 Å². The topological polar surface area (TPSA) is 84.0 Å². The van der Waals surface area contributed by atoms with Crippen LogP contribution in [0.1, 0.15) is 37.7 Å². The monoisotopic (exact) mass is 348 g/mol. The first-order chi connectivity index (χ1) is 11.0. The van der Waals surface area contributed by atoms with Crippen LogP contribution in [0.15, 0.2) is 29.3 Å². The molecule has 0 bridgehead atoms. The summed E-state index contributed by atoms with van der Waals surface area (Å²) in [6.07, 6.45) is 1.73. The lowest BCUT2D eigenvalue weighted by Gasteiger charge is -2.21. The molecule has 0 saturated carbocycles. The quantitative estimate of drug-likeness (QED) is 0.886. The van der Waals surface area contributed by atoms with Crippen LogP contribution in [0.25, 0.3) is 0 Å². The molecule has 2 aromatic rings. The number of rotatable bonds is 4. The fourth-order valence-corrected chi connectivity index (χ4v) is 3.91. The molecule has 0 aliphatic heterocycles. The number of sulfonamides is 1. The van der Waals surface area contributed by atoms with Crippen molar-refractivity contribution in [1.29, 1.82) is 0 Å². The van der Waals surface area contributed by atoms with Gasteiger partial charge in [-0.25, -0.2) is 23.1 Å². The molecule has 0 aliphatic carbocycles. The minimum atomic E-state index is -3.60. The second-order valence-electron chi connectivity index (χ2n) is 6.91. The van der Waals surface area contributed by atoms with Crippen molar-refractivity contribution in [3.05, 3.63) is 41.3 Å². The summed E-state index contributed by atoms with van der Waals surface area (Å²) in [5.74, 6) is 1.32. The predicted molar refractivity (Wildman–Crippen MR) is 96.0 cm³/mol. The van der Waals surface area contributed by atoms with E-state index in [1.54, 1.807) is 25.3 Å². The van der Waals surface area contributed by atoms with Crippen LogP contribution in [0.4, 0.5) is 11.5 Å². The van der Waals surface area contributed by atoms with E-state index in [2.05, 4.69) is 20.0 Å². The number of benzene rings is 1. The SMILES string of the molecule is Cc1ncc(C)c(Nc2ccc(C)c(S(=O)(=O)NC(C)(C)C)c2)n1. The summed E-state index contributed by atoms with van der Waals surface area (Å²) in [5.41, 5.74) is 1.69. The summed E-state index contributed by atoms with van der Waals surface area (Å²) in [6.45, 7) is 10.9. The Morgan fingerprint density at radius 2 is 1.71 bits per heavy atom. The average molecular weight is 348 g/mol. The van der Waals surface area contributed by atoms with Gasteiger partial charge in [0, 0.05) is 23.0 Å². The molecule has 0 atom stereocenters. The molecule has 7 heteroatoms. The summed E-state index contributed by atoms with van der Waals surface area (Å²) < 4.78 is 27.9. The van der Waals surface area contributed by atoms with Crippen LogP contribution in [0.3, 0.4) is 0 Å². The van der Waals surface area contributed by atoms with E-state index in [-0.39, 0.29) is 4.90 Å². The summed E-state index contributed by atoms with van der Waals surface area (Å²) >= 11 is 0. The van der Waals surface area contributed by atoms with E-state index < -0.39 is 15.6 Å². The van der Waals surface area contributed by atoms with Crippen molar-refractivity contribution in [2.24, 2.45) is 0 Å². The fourth-order valence-electron chi connectivity index (χ4n) is 2.22. The van der Waals surface area contributed by atoms with Crippen molar-refractivity contribution in [1.82, 2.24) is 14.7 Å². The maximum atomic E-state index is 12.6. The van der Waals surface area contributed by atoms with Gasteiger partial charge in [-0.2, -0.15) is 0 Å². The van der Waals surface area contributed by atoms with Crippen molar-refractivity contribution in [2.45, 2.75) is 52.0 Å². The Morgan fingerprint density at radius 3 is 2.33 bits per heavy atom. The second kappa shape index (κ2) is 6.49. The van der Waals surface area contributed by atoms with Crippen LogP contribution in [-0.2, 0) is 10.0 Å². The number of aryl methyl sites for hydroxylation is 3. The summed E-state index contributed by atoms with van der Waals surface area (Å²) in [6, 6.07) is 5.24. The van der Waals surface area contributed by atoms with Crippen LogP contribution in [0.5, 0.6) is 0 Å². The van der Waals surface area contributed by atoms with Gasteiger partial charge in [0.15, 0.2) is 0 Å². The molecular formula is C17H24N4O2S. The van der Waals surface area contributed by atoms with Crippen LogP contribution in [0.2, 0.25) is 0 Å². The molecule has 130 valence electrons. The maximum Gasteiger partial charge on any atom is 0.241 e. The third kappa shape index (κ3) is 4.52.